The first-order chi connectivity index (χ1) is 7.97. The number of nitrogens with zero attached hydrogens (tertiary/aromatic N) is 2. The first kappa shape index (κ1) is 14.5. The fourth-order valence-electron chi connectivity index (χ4n) is 2.28. The van der Waals surface area contributed by atoms with Crippen molar-refractivity contribution in [2.75, 3.05) is 27.2 Å². The fourth-order valence-corrected chi connectivity index (χ4v) is 2.28. The maximum Gasteiger partial charge on any atom is 0.239 e. The standard InChI is InChI=1S/C13H27N3O/c1-5-10(2)12(14)13(17)16-8-6-7-11(9-16)15(3)4/h10-12H,5-9,14H2,1-4H3/t10-,11?,12-/m0/s1. The lowest BCUT2D eigenvalue weighted by molar-refractivity contribution is -0.135. The quantitative estimate of drug-likeness (QED) is 0.796. The highest BCUT2D eigenvalue weighted by Gasteiger charge is 2.29. The molecule has 0 aromatic rings. The normalized spacial score (nSPS) is 24.8. The highest BCUT2D eigenvalue weighted by Crippen LogP contribution is 2.16. The molecule has 4 heteroatoms. The molecule has 0 aliphatic carbocycles. The van der Waals surface area contributed by atoms with Crippen LogP contribution in [0.3, 0.4) is 0 Å². The second-order valence-corrected chi connectivity index (χ2v) is 5.46. The molecule has 3 atom stereocenters. The molecule has 17 heavy (non-hydrogen) atoms. The molecule has 1 amide bonds. The van der Waals surface area contributed by atoms with Crippen molar-refractivity contribution in [3.63, 3.8) is 0 Å². The summed E-state index contributed by atoms with van der Waals surface area (Å²) in [6.07, 6.45) is 3.22. The molecule has 1 unspecified atom stereocenters. The van der Waals surface area contributed by atoms with E-state index in [1.54, 1.807) is 0 Å². The Kier molecular flexibility index (Phi) is 5.40. The summed E-state index contributed by atoms with van der Waals surface area (Å²) in [6.45, 7) is 5.83. The number of rotatable bonds is 4. The van der Waals surface area contributed by atoms with E-state index in [1.165, 1.54) is 6.42 Å². The molecular weight excluding hydrogens is 214 g/mol. The van der Waals surface area contributed by atoms with Gasteiger partial charge in [0, 0.05) is 19.1 Å². The van der Waals surface area contributed by atoms with Gasteiger partial charge in [-0.05, 0) is 32.9 Å². The van der Waals surface area contributed by atoms with Gasteiger partial charge >= 0.3 is 0 Å². The number of hydrogen-bond acceptors (Lipinski definition) is 3. The largest absolute Gasteiger partial charge is 0.340 e. The Morgan fingerprint density at radius 1 is 1.53 bits per heavy atom. The summed E-state index contributed by atoms with van der Waals surface area (Å²) in [7, 11) is 4.15. The van der Waals surface area contributed by atoms with Crippen molar-refractivity contribution < 1.29 is 4.79 Å². The maximum atomic E-state index is 12.2. The number of nitrogens with two attached hydrogens (primary N) is 1. The number of likely N-dealkylation sites (N-methyl/N-ethyl adjacent to an activating group) is 1. The maximum absolute atomic E-state index is 12.2. The third kappa shape index (κ3) is 3.68. The van der Waals surface area contributed by atoms with Crippen molar-refractivity contribution >= 4 is 5.91 Å². The van der Waals surface area contributed by atoms with Crippen LogP contribution in [0.5, 0.6) is 0 Å². The van der Waals surface area contributed by atoms with Crippen LogP contribution < -0.4 is 5.73 Å². The lowest BCUT2D eigenvalue weighted by Gasteiger charge is -2.37. The van der Waals surface area contributed by atoms with Crippen molar-refractivity contribution in [3.8, 4) is 0 Å². The molecule has 0 radical (unpaired) electrons. The van der Waals surface area contributed by atoms with Gasteiger partial charge in [0.25, 0.3) is 0 Å². The summed E-state index contributed by atoms with van der Waals surface area (Å²) in [5.41, 5.74) is 6.02. The van der Waals surface area contributed by atoms with Crippen molar-refractivity contribution in [1.29, 1.82) is 0 Å². The van der Waals surface area contributed by atoms with Gasteiger partial charge in [-0.1, -0.05) is 20.3 Å². The minimum Gasteiger partial charge on any atom is -0.340 e. The summed E-state index contributed by atoms with van der Waals surface area (Å²) in [6, 6.07) is 0.151. The topological polar surface area (TPSA) is 49.6 Å². The number of likely N-dealkylation sites (tertiary alicyclic amines) is 1. The van der Waals surface area contributed by atoms with Crippen LogP contribution >= 0.6 is 0 Å². The second kappa shape index (κ2) is 6.36. The SMILES string of the molecule is CC[C@H](C)[C@H](N)C(=O)N1CCCC(N(C)C)C1. The predicted octanol–water partition coefficient (Wildman–Crippen LogP) is 0.912. The Balaban J connectivity index is 2.57. The monoisotopic (exact) mass is 241 g/mol. The third-order valence-electron chi connectivity index (χ3n) is 3.98. The van der Waals surface area contributed by atoms with Gasteiger partial charge in [0.15, 0.2) is 0 Å². The van der Waals surface area contributed by atoms with Crippen LogP contribution in [0.1, 0.15) is 33.1 Å². The van der Waals surface area contributed by atoms with E-state index in [1.807, 2.05) is 4.90 Å². The van der Waals surface area contributed by atoms with Crippen molar-refractivity contribution in [3.05, 3.63) is 0 Å². The number of carbonyl (C=O) groups is 1. The molecule has 0 spiro atoms. The molecule has 0 aromatic carbocycles. The van der Waals surface area contributed by atoms with E-state index in [0.717, 1.165) is 25.9 Å². The average molecular weight is 241 g/mol. The molecule has 2 N–H and O–H groups in total. The Labute approximate surface area is 105 Å². The summed E-state index contributed by atoms with van der Waals surface area (Å²) in [4.78, 5) is 16.4. The third-order valence-corrected chi connectivity index (χ3v) is 3.98. The molecule has 1 aliphatic heterocycles. The zero-order valence-electron chi connectivity index (χ0n) is 11.6. The average Bonchev–Trinajstić information content (AvgIpc) is 2.36. The molecule has 1 heterocycles. The van der Waals surface area contributed by atoms with Crippen molar-refractivity contribution in [1.82, 2.24) is 9.80 Å². The summed E-state index contributed by atoms with van der Waals surface area (Å²) in [5.74, 6) is 0.396. The van der Waals surface area contributed by atoms with Gasteiger partial charge in [0.2, 0.25) is 5.91 Å². The van der Waals surface area contributed by atoms with Gasteiger partial charge in [-0.15, -0.1) is 0 Å². The molecule has 4 nitrogen and oxygen atoms in total. The van der Waals surface area contributed by atoms with Crippen LogP contribution in [-0.2, 0) is 4.79 Å². The molecule has 100 valence electrons. The van der Waals surface area contributed by atoms with E-state index < -0.39 is 0 Å². The van der Waals surface area contributed by atoms with Crippen LogP contribution in [-0.4, -0.2) is 55.0 Å². The van der Waals surface area contributed by atoms with E-state index in [0.29, 0.717) is 6.04 Å². The van der Waals surface area contributed by atoms with E-state index in [9.17, 15) is 4.79 Å². The second-order valence-electron chi connectivity index (χ2n) is 5.46. The number of carbonyl (C=O) groups excluding carboxylic acids is 1. The number of amides is 1. The van der Waals surface area contributed by atoms with E-state index in [2.05, 4.69) is 32.8 Å². The smallest absolute Gasteiger partial charge is 0.239 e. The zero-order chi connectivity index (χ0) is 13.0. The van der Waals surface area contributed by atoms with E-state index in [4.69, 9.17) is 5.73 Å². The molecule has 1 rings (SSSR count). The van der Waals surface area contributed by atoms with Crippen LogP contribution in [0.2, 0.25) is 0 Å². The van der Waals surface area contributed by atoms with Crippen LogP contribution in [0.4, 0.5) is 0 Å². The molecule has 0 saturated carbocycles. The Morgan fingerprint density at radius 2 is 2.18 bits per heavy atom. The minimum atomic E-state index is -0.332. The van der Waals surface area contributed by atoms with E-state index >= 15 is 0 Å². The summed E-state index contributed by atoms with van der Waals surface area (Å²) >= 11 is 0. The molecule has 0 aromatic heterocycles. The Morgan fingerprint density at radius 3 is 2.71 bits per heavy atom. The molecule has 0 bridgehead atoms. The predicted molar refractivity (Wildman–Crippen MR) is 70.7 cm³/mol. The molecule has 1 saturated heterocycles. The summed E-state index contributed by atoms with van der Waals surface area (Å²) < 4.78 is 0. The van der Waals surface area contributed by atoms with Gasteiger partial charge in [-0.2, -0.15) is 0 Å². The van der Waals surface area contributed by atoms with Gasteiger partial charge < -0.3 is 15.5 Å². The van der Waals surface area contributed by atoms with Gasteiger partial charge in [0.05, 0.1) is 6.04 Å². The fraction of sp³-hybridized carbons (Fsp3) is 0.923. The van der Waals surface area contributed by atoms with E-state index in [-0.39, 0.29) is 17.9 Å². The number of piperidine rings is 1. The van der Waals surface area contributed by atoms with Crippen LogP contribution in [0, 0.1) is 5.92 Å². The minimum absolute atomic E-state index is 0.130. The van der Waals surface area contributed by atoms with Crippen molar-refractivity contribution in [2.24, 2.45) is 11.7 Å². The van der Waals surface area contributed by atoms with Gasteiger partial charge in [-0.25, -0.2) is 0 Å². The molecule has 1 fully saturated rings. The Bertz CT molecular complexity index is 255. The first-order valence-corrected chi connectivity index (χ1v) is 6.68. The van der Waals surface area contributed by atoms with Crippen molar-refractivity contribution in [2.45, 2.75) is 45.2 Å². The highest BCUT2D eigenvalue weighted by atomic mass is 16.2. The van der Waals surface area contributed by atoms with Crippen LogP contribution in [0.15, 0.2) is 0 Å². The first-order valence-electron chi connectivity index (χ1n) is 6.68. The molecule has 1 aliphatic rings. The number of hydrogen-bond donors (Lipinski definition) is 1. The lowest BCUT2D eigenvalue weighted by atomic mass is 9.97. The van der Waals surface area contributed by atoms with Gasteiger partial charge in [0.1, 0.15) is 0 Å². The highest BCUT2D eigenvalue weighted by molar-refractivity contribution is 5.82. The summed E-state index contributed by atoms with van der Waals surface area (Å²) in [5, 5.41) is 0. The Hall–Kier alpha value is -0.610. The van der Waals surface area contributed by atoms with Gasteiger partial charge in [-0.3, -0.25) is 4.79 Å². The van der Waals surface area contributed by atoms with Crippen LogP contribution in [0.25, 0.3) is 0 Å². The zero-order valence-corrected chi connectivity index (χ0v) is 11.6. The lowest BCUT2D eigenvalue weighted by Crippen LogP contribution is -2.53. The molecular formula is C13H27N3O.